The van der Waals surface area contributed by atoms with Crippen LogP contribution in [0.5, 0.6) is 0 Å². The molecule has 1 aromatic carbocycles. The maximum absolute atomic E-state index is 13.6. The summed E-state index contributed by atoms with van der Waals surface area (Å²) < 4.78 is 6.12. The molecule has 1 aromatic heterocycles. The lowest BCUT2D eigenvalue weighted by Gasteiger charge is -2.35. The molecule has 12 nitrogen and oxygen atoms in total. The Labute approximate surface area is 228 Å². The molecule has 2 aliphatic heterocycles. The number of nitriles is 1. The zero-order chi connectivity index (χ0) is 27.6. The van der Waals surface area contributed by atoms with Crippen molar-refractivity contribution in [2.24, 2.45) is 0 Å². The van der Waals surface area contributed by atoms with Gasteiger partial charge in [0.15, 0.2) is 0 Å². The lowest BCUT2D eigenvalue weighted by Crippen LogP contribution is -2.48. The minimum Gasteiger partial charge on any atom is -0.387 e. The summed E-state index contributed by atoms with van der Waals surface area (Å²) in [7, 11) is 1.71. The van der Waals surface area contributed by atoms with E-state index >= 15 is 0 Å². The molecule has 2 aliphatic rings. The Kier molecular flexibility index (Phi) is 8.13. The number of nitrogens with zero attached hydrogens (tertiary/aromatic N) is 5. The highest BCUT2D eigenvalue weighted by molar-refractivity contribution is 9.10. The van der Waals surface area contributed by atoms with E-state index in [0.717, 1.165) is 0 Å². The highest BCUT2D eigenvalue weighted by Crippen LogP contribution is 2.36. The smallest absolute Gasteiger partial charge is 0.294 e. The second-order valence-corrected chi connectivity index (χ2v) is 10.4. The van der Waals surface area contributed by atoms with E-state index in [-0.39, 0.29) is 53.9 Å². The van der Waals surface area contributed by atoms with Gasteiger partial charge in [-0.3, -0.25) is 24.7 Å². The molecule has 2 amide bonds. The first-order chi connectivity index (χ1) is 18.1. The maximum Gasteiger partial charge on any atom is 0.294 e. The van der Waals surface area contributed by atoms with E-state index < -0.39 is 17.0 Å². The summed E-state index contributed by atoms with van der Waals surface area (Å²) in [6, 6.07) is 5.42. The van der Waals surface area contributed by atoms with Crippen LogP contribution in [0.15, 0.2) is 35.1 Å². The molecular weight excluding hydrogens is 558 g/mol. The van der Waals surface area contributed by atoms with Crippen LogP contribution in [0.1, 0.15) is 41.0 Å². The normalized spacial score (nSPS) is 23.0. The first-order valence-electron chi connectivity index (χ1n) is 12.1. The quantitative estimate of drug-likeness (QED) is 0.384. The summed E-state index contributed by atoms with van der Waals surface area (Å²) in [6.45, 7) is 4.56. The molecule has 2 aromatic rings. The number of hydrogen-bond donors (Lipinski definition) is 2. The number of ether oxygens (including phenoxy) is 1. The van der Waals surface area contributed by atoms with Gasteiger partial charge in [-0.1, -0.05) is 15.9 Å². The number of nitro groups is 1. The van der Waals surface area contributed by atoms with Gasteiger partial charge in [0.1, 0.15) is 11.7 Å². The highest BCUT2D eigenvalue weighted by atomic mass is 79.9. The van der Waals surface area contributed by atoms with Gasteiger partial charge in [0.05, 0.1) is 40.0 Å². The van der Waals surface area contributed by atoms with Crippen molar-refractivity contribution in [3.63, 3.8) is 0 Å². The fourth-order valence-electron chi connectivity index (χ4n) is 4.92. The average Bonchev–Trinajstić information content (AvgIpc) is 3.30. The molecule has 3 heterocycles. The summed E-state index contributed by atoms with van der Waals surface area (Å²) in [4.78, 5) is 45.4. The van der Waals surface area contributed by atoms with Crippen LogP contribution in [0, 0.1) is 21.4 Å². The van der Waals surface area contributed by atoms with Crippen LogP contribution in [0.4, 0.5) is 17.1 Å². The van der Waals surface area contributed by atoms with Gasteiger partial charge in [0.25, 0.3) is 17.5 Å². The molecule has 2 saturated heterocycles. The number of carbonyl (C=O) groups is 2. The number of carbonyl (C=O) groups excluding carboxylic acids is 2. The van der Waals surface area contributed by atoms with Crippen molar-refractivity contribution in [2.45, 2.75) is 44.6 Å². The molecule has 38 heavy (non-hydrogen) atoms. The molecule has 1 unspecified atom stereocenters. The van der Waals surface area contributed by atoms with E-state index in [4.69, 9.17) is 4.74 Å². The van der Waals surface area contributed by atoms with Crippen LogP contribution < -0.4 is 10.6 Å². The third-order valence-corrected chi connectivity index (χ3v) is 7.01. The van der Waals surface area contributed by atoms with Crippen LogP contribution in [0.2, 0.25) is 0 Å². The minimum atomic E-state index is -0.757. The van der Waals surface area contributed by atoms with Crippen molar-refractivity contribution < 1.29 is 19.2 Å². The number of nitro benzene ring substituents is 1. The molecule has 4 atom stereocenters. The van der Waals surface area contributed by atoms with Crippen molar-refractivity contribution in [3.8, 4) is 6.07 Å². The summed E-state index contributed by atoms with van der Waals surface area (Å²) in [5.41, 5.74) is 0.889. The average molecular weight is 586 g/mol. The Balaban J connectivity index is 1.64. The largest absolute Gasteiger partial charge is 0.387 e. The number of morpholine rings is 1. The van der Waals surface area contributed by atoms with E-state index in [2.05, 4.69) is 37.6 Å². The standard InChI is InChI=1S/C25H28BrN7O5/c1-14-11-31(12-15(2)38-14)25(35)21-5-17(26)6-22(33(36)37)23(21)30-19-7-20(8-27)32(13-19)24(34)16-4-18(28-3)10-29-9-16/h4-6,9-10,14-15,19-20,28,30H,7,11-13H2,1-3H3/t14-,15+,19-,20?/m1/s1. The van der Waals surface area contributed by atoms with Gasteiger partial charge in [0.2, 0.25) is 0 Å². The number of likely N-dealkylation sites (tertiary alicyclic amines) is 1. The molecule has 4 rings (SSSR count). The summed E-state index contributed by atoms with van der Waals surface area (Å²) >= 11 is 3.30. The summed E-state index contributed by atoms with van der Waals surface area (Å²) in [6.07, 6.45) is 2.88. The molecule has 2 N–H and O–H groups in total. The number of anilines is 2. The summed E-state index contributed by atoms with van der Waals surface area (Å²) in [5, 5.41) is 27.8. The molecule has 2 fully saturated rings. The van der Waals surface area contributed by atoms with Gasteiger partial charge < -0.3 is 25.2 Å². The fraction of sp³-hybridized carbons (Fsp3) is 0.440. The van der Waals surface area contributed by atoms with Gasteiger partial charge in [-0.25, -0.2) is 0 Å². The lowest BCUT2D eigenvalue weighted by molar-refractivity contribution is -0.384. The predicted octanol–water partition coefficient (Wildman–Crippen LogP) is 3.26. The third-order valence-electron chi connectivity index (χ3n) is 6.55. The topological polar surface area (TPSA) is 154 Å². The Morgan fingerprint density at radius 3 is 2.53 bits per heavy atom. The van der Waals surface area contributed by atoms with Crippen molar-refractivity contribution in [1.29, 1.82) is 5.26 Å². The van der Waals surface area contributed by atoms with Crippen molar-refractivity contribution >= 4 is 44.8 Å². The predicted molar refractivity (Wildman–Crippen MR) is 143 cm³/mol. The van der Waals surface area contributed by atoms with E-state index in [1.165, 1.54) is 17.2 Å². The van der Waals surface area contributed by atoms with E-state index in [1.54, 1.807) is 30.3 Å². The van der Waals surface area contributed by atoms with Gasteiger partial charge in [0, 0.05) is 62.1 Å². The number of rotatable bonds is 6. The molecule has 13 heteroatoms. The maximum atomic E-state index is 13.6. The van der Waals surface area contributed by atoms with Gasteiger partial charge in [-0.05, 0) is 26.0 Å². The second kappa shape index (κ2) is 11.3. The van der Waals surface area contributed by atoms with Crippen molar-refractivity contribution in [1.82, 2.24) is 14.8 Å². The fourth-order valence-corrected chi connectivity index (χ4v) is 5.37. The molecule has 0 bridgehead atoms. The highest BCUT2D eigenvalue weighted by Gasteiger charge is 2.38. The second-order valence-electron chi connectivity index (χ2n) is 9.46. The third kappa shape index (κ3) is 5.71. The number of hydrogen-bond acceptors (Lipinski definition) is 9. The summed E-state index contributed by atoms with van der Waals surface area (Å²) in [5.74, 6) is -0.736. The zero-order valence-electron chi connectivity index (χ0n) is 21.2. The Morgan fingerprint density at radius 1 is 1.18 bits per heavy atom. The first kappa shape index (κ1) is 27.3. The molecule has 0 spiro atoms. The minimum absolute atomic E-state index is 0.0600. The number of amides is 2. The Bertz CT molecular complexity index is 1290. The van der Waals surface area contributed by atoms with Crippen LogP contribution >= 0.6 is 15.9 Å². The Morgan fingerprint density at radius 2 is 1.89 bits per heavy atom. The van der Waals surface area contributed by atoms with E-state index in [0.29, 0.717) is 28.8 Å². The molecule has 0 aliphatic carbocycles. The van der Waals surface area contributed by atoms with E-state index in [1.807, 2.05) is 13.8 Å². The first-order valence-corrected chi connectivity index (χ1v) is 12.9. The van der Waals surface area contributed by atoms with E-state index in [9.17, 15) is 25.0 Å². The monoisotopic (exact) mass is 585 g/mol. The van der Waals surface area contributed by atoms with Crippen LogP contribution in [0.3, 0.4) is 0 Å². The number of nitrogens with one attached hydrogen (secondary N) is 2. The SMILES string of the molecule is CNc1cncc(C(=O)N2C[C@H](Nc3c(C(=O)N4C[C@@H](C)O[C@@H](C)C4)cc(Br)cc3[N+](=O)[O-])CC2C#N)c1. The van der Waals surface area contributed by atoms with Gasteiger partial charge in [-0.15, -0.1) is 0 Å². The van der Waals surface area contributed by atoms with Crippen molar-refractivity contribution in [2.75, 3.05) is 37.3 Å². The zero-order valence-corrected chi connectivity index (χ0v) is 22.8. The Hall–Kier alpha value is -3.76. The number of pyridine rings is 1. The lowest BCUT2D eigenvalue weighted by atomic mass is 10.1. The van der Waals surface area contributed by atoms with Crippen LogP contribution in [0.25, 0.3) is 0 Å². The molecular formula is C25H28BrN7O5. The van der Waals surface area contributed by atoms with Gasteiger partial charge in [-0.2, -0.15) is 5.26 Å². The molecule has 0 radical (unpaired) electrons. The van der Waals surface area contributed by atoms with Crippen LogP contribution in [-0.4, -0.2) is 82.5 Å². The van der Waals surface area contributed by atoms with Gasteiger partial charge >= 0.3 is 0 Å². The molecule has 0 saturated carbocycles. The van der Waals surface area contributed by atoms with Crippen molar-refractivity contribution in [3.05, 3.63) is 56.3 Å². The van der Waals surface area contributed by atoms with Crippen LogP contribution in [-0.2, 0) is 4.74 Å². The number of benzene rings is 1. The molecule has 200 valence electrons. The number of aromatic nitrogens is 1. The number of halogens is 1.